The maximum atomic E-state index is 13.6. The number of rotatable bonds is 2. The molecule has 1 aliphatic rings. The van der Waals surface area contributed by atoms with Gasteiger partial charge in [-0.25, -0.2) is 4.68 Å². The van der Waals surface area contributed by atoms with Crippen molar-refractivity contribution in [3.63, 3.8) is 0 Å². The molecule has 0 spiro atoms. The van der Waals surface area contributed by atoms with Crippen LogP contribution in [0.2, 0.25) is 0 Å². The summed E-state index contributed by atoms with van der Waals surface area (Å²) in [6.45, 7) is 0.721. The first-order valence-corrected chi connectivity index (χ1v) is 9.81. The maximum absolute atomic E-state index is 13.6. The molecule has 0 fully saturated rings. The third kappa shape index (κ3) is 3.56. The van der Waals surface area contributed by atoms with Crippen molar-refractivity contribution in [3.8, 4) is 16.9 Å². The molecule has 3 aromatic rings. The highest BCUT2D eigenvalue weighted by Crippen LogP contribution is 2.38. The molecule has 0 unspecified atom stereocenters. The average Bonchev–Trinajstić information content (AvgIpc) is 2.82. The Kier molecular flexibility index (Phi) is 4.88. The van der Waals surface area contributed by atoms with Gasteiger partial charge < -0.3 is 5.32 Å². The number of nitrogens with one attached hydrogen (secondary N) is 1. The van der Waals surface area contributed by atoms with Crippen molar-refractivity contribution >= 4 is 28.4 Å². The Morgan fingerprint density at radius 3 is 2.63 bits per heavy atom. The first-order chi connectivity index (χ1) is 12.9. The van der Waals surface area contributed by atoms with Gasteiger partial charge in [-0.05, 0) is 66.1 Å². The summed E-state index contributed by atoms with van der Waals surface area (Å²) in [5.74, 6) is 0.665. The fraction of sp³-hybridized carbons (Fsp3) is 0.250. The number of benzene rings is 2. The molecular weight excluding hydrogens is 466 g/mol. The van der Waals surface area contributed by atoms with Crippen LogP contribution in [-0.2, 0) is 12.6 Å². The number of hydrogen-bond donors (Lipinski definition) is 1. The molecule has 4 rings (SSSR count). The van der Waals surface area contributed by atoms with E-state index in [1.54, 1.807) is 6.07 Å². The molecule has 1 aromatic heterocycles. The Hall–Kier alpha value is -2.03. The second kappa shape index (κ2) is 7.18. The first-order valence-electron chi connectivity index (χ1n) is 8.73. The first kappa shape index (κ1) is 18.3. The van der Waals surface area contributed by atoms with Crippen molar-refractivity contribution in [2.24, 2.45) is 0 Å². The van der Waals surface area contributed by atoms with Crippen LogP contribution in [0.4, 0.5) is 19.0 Å². The lowest BCUT2D eigenvalue weighted by Gasteiger charge is -2.15. The van der Waals surface area contributed by atoms with Gasteiger partial charge in [0, 0.05) is 21.2 Å². The van der Waals surface area contributed by atoms with E-state index in [1.165, 1.54) is 16.8 Å². The Morgan fingerprint density at radius 2 is 1.85 bits per heavy atom. The van der Waals surface area contributed by atoms with E-state index in [2.05, 4.69) is 33.0 Å². The Balaban J connectivity index is 1.96. The van der Waals surface area contributed by atoms with E-state index in [4.69, 9.17) is 0 Å². The zero-order valence-electron chi connectivity index (χ0n) is 14.4. The predicted molar refractivity (Wildman–Crippen MR) is 108 cm³/mol. The fourth-order valence-corrected chi connectivity index (χ4v) is 3.99. The summed E-state index contributed by atoms with van der Waals surface area (Å²) in [6, 6.07) is 13.5. The average molecular weight is 483 g/mol. The van der Waals surface area contributed by atoms with Crippen molar-refractivity contribution < 1.29 is 13.2 Å². The number of halogens is 4. The number of fused-ring (bicyclic) bond motifs is 1. The molecule has 0 saturated heterocycles. The molecule has 7 heteroatoms. The van der Waals surface area contributed by atoms with Gasteiger partial charge in [-0.3, -0.25) is 0 Å². The third-order valence-corrected chi connectivity index (χ3v) is 5.34. The molecule has 0 bridgehead atoms. The topological polar surface area (TPSA) is 29.9 Å². The van der Waals surface area contributed by atoms with Gasteiger partial charge in [0.15, 0.2) is 0 Å². The molecule has 140 valence electrons. The van der Waals surface area contributed by atoms with E-state index in [0.29, 0.717) is 5.82 Å². The summed E-state index contributed by atoms with van der Waals surface area (Å²) < 4.78 is 43.2. The lowest BCUT2D eigenvalue weighted by molar-refractivity contribution is -0.137. The van der Waals surface area contributed by atoms with E-state index < -0.39 is 11.7 Å². The zero-order chi connectivity index (χ0) is 19.0. The SMILES string of the molecule is FC(F)(F)c1ccccc1-n1nc(-c2cccc(I)c2)c2c1NCCCC2. The summed E-state index contributed by atoms with van der Waals surface area (Å²) in [4.78, 5) is 0. The van der Waals surface area contributed by atoms with Crippen LogP contribution in [0.5, 0.6) is 0 Å². The van der Waals surface area contributed by atoms with Crippen LogP contribution in [0.3, 0.4) is 0 Å². The molecule has 27 heavy (non-hydrogen) atoms. The largest absolute Gasteiger partial charge is 0.418 e. The van der Waals surface area contributed by atoms with E-state index >= 15 is 0 Å². The van der Waals surface area contributed by atoms with Gasteiger partial charge in [0.25, 0.3) is 0 Å². The molecule has 0 amide bonds. The zero-order valence-corrected chi connectivity index (χ0v) is 16.5. The number of para-hydroxylation sites is 1. The highest BCUT2D eigenvalue weighted by Gasteiger charge is 2.35. The van der Waals surface area contributed by atoms with Crippen molar-refractivity contribution in [1.82, 2.24) is 9.78 Å². The van der Waals surface area contributed by atoms with E-state index in [9.17, 15) is 13.2 Å². The number of nitrogens with zero attached hydrogens (tertiary/aromatic N) is 2. The molecule has 1 N–H and O–H groups in total. The smallest absolute Gasteiger partial charge is 0.370 e. The Bertz CT molecular complexity index is 979. The highest BCUT2D eigenvalue weighted by molar-refractivity contribution is 14.1. The Labute approximate surface area is 168 Å². The van der Waals surface area contributed by atoms with Crippen molar-refractivity contribution in [3.05, 3.63) is 63.2 Å². The van der Waals surface area contributed by atoms with Gasteiger partial charge in [0.1, 0.15) is 5.82 Å². The van der Waals surface area contributed by atoms with Crippen LogP contribution in [0.1, 0.15) is 24.0 Å². The minimum Gasteiger partial charge on any atom is -0.370 e. The molecule has 2 aromatic carbocycles. The van der Waals surface area contributed by atoms with Crippen molar-refractivity contribution in [1.29, 1.82) is 0 Å². The highest BCUT2D eigenvalue weighted by atomic mass is 127. The van der Waals surface area contributed by atoms with Gasteiger partial charge in [-0.15, -0.1) is 0 Å². The van der Waals surface area contributed by atoms with Crippen molar-refractivity contribution in [2.45, 2.75) is 25.4 Å². The van der Waals surface area contributed by atoms with Crippen LogP contribution in [0.15, 0.2) is 48.5 Å². The monoisotopic (exact) mass is 483 g/mol. The molecule has 0 saturated carbocycles. The minimum atomic E-state index is -4.44. The van der Waals surface area contributed by atoms with Crippen LogP contribution in [0, 0.1) is 3.57 Å². The van der Waals surface area contributed by atoms with Crippen LogP contribution in [0.25, 0.3) is 16.9 Å². The van der Waals surface area contributed by atoms with Crippen LogP contribution >= 0.6 is 22.6 Å². The molecule has 0 atom stereocenters. The molecule has 0 radical (unpaired) electrons. The van der Waals surface area contributed by atoms with Crippen molar-refractivity contribution in [2.75, 3.05) is 11.9 Å². The standard InChI is InChI=1S/C20H17F3IN3/c21-20(22,23)16-9-1-2-10-17(16)27-19-15(8-3-4-11-25-19)18(26-27)13-6-5-7-14(24)12-13/h1-2,5-7,9-10,12,25H,3-4,8,11H2. The quantitative estimate of drug-likeness (QED) is 0.460. The predicted octanol–water partition coefficient (Wildman–Crippen LogP) is 5.91. The van der Waals surface area contributed by atoms with Crippen LogP contribution < -0.4 is 5.32 Å². The van der Waals surface area contributed by atoms with E-state index in [1.807, 2.05) is 24.3 Å². The van der Waals surface area contributed by atoms with Gasteiger partial charge in [-0.2, -0.15) is 18.3 Å². The Morgan fingerprint density at radius 1 is 1.04 bits per heavy atom. The summed E-state index contributed by atoms with van der Waals surface area (Å²) in [5, 5.41) is 7.95. The number of hydrogen-bond acceptors (Lipinski definition) is 2. The van der Waals surface area contributed by atoms with Gasteiger partial charge >= 0.3 is 6.18 Å². The molecule has 2 heterocycles. The van der Waals surface area contributed by atoms with Crippen LogP contribution in [-0.4, -0.2) is 16.3 Å². The van der Waals surface area contributed by atoms with Gasteiger partial charge in [0.2, 0.25) is 0 Å². The third-order valence-electron chi connectivity index (χ3n) is 4.67. The lowest BCUT2D eigenvalue weighted by atomic mass is 10.0. The van der Waals surface area contributed by atoms with E-state index in [0.717, 1.165) is 52.3 Å². The fourth-order valence-electron chi connectivity index (χ4n) is 3.44. The summed E-state index contributed by atoms with van der Waals surface area (Å²) in [6.07, 6.45) is -1.70. The maximum Gasteiger partial charge on any atom is 0.418 e. The number of anilines is 1. The number of aromatic nitrogens is 2. The second-order valence-corrected chi connectivity index (χ2v) is 7.74. The van der Waals surface area contributed by atoms with Gasteiger partial charge in [0.05, 0.1) is 16.9 Å². The summed E-state index contributed by atoms with van der Waals surface area (Å²) in [7, 11) is 0. The molecular formula is C20H17F3IN3. The van der Waals surface area contributed by atoms with E-state index in [-0.39, 0.29) is 5.69 Å². The lowest BCUT2D eigenvalue weighted by Crippen LogP contribution is -2.14. The molecule has 0 aliphatic carbocycles. The van der Waals surface area contributed by atoms with Gasteiger partial charge in [-0.1, -0.05) is 24.3 Å². The minimum absolute atomic E-state index is 0.0486. The normalized spacial score (nSPS) is 14.4. The summed E-state index contributed by atoms with van der Waals surface area (Å²) >= 11 is 2.23. The molecule has 1 aliphatic heterocycles. The summed E-state index contributed by atoms with van der Waals surface area (Å²) in [5.41, 5.74) is 2.01. The number of alkyl halides is 3. The molecule has 3 nitrogen and oxygen atoms in total. The second-order valence-electron chi connectivity index (χ2n) is 6.50.